The van der Waals surface area contributed by atoms with Crippen molar-refractivity contribution in [1.29, 1.82) is 5.26 Å². The van der Waals surface area contributed by atoms with Crippen LogP contribution < -0.4 is 0 Å². The lowest BCUT2D eigenvalue weighted by atomic mass is 9.98. The number of carbonyl (C=O) groups excluding carboxylic acids is 1. The van der Waals surface area contributed by atoms with Crippen LogP contribution in [0.3, 0.4) is 0 Å². The van der Waals surface area contributed by atoms with E-state index in [2.05, 4.69) is 0 Å². The van der Waals surface area contributed by atoms with Gasteiger partial charge in [-0.15, -0.1) is 0 Å². The molecule has 0 spiro atoms. The number of hydrogen-bond donors (Lipinski definition) is 0. The summed E-state index contributed by atoms with van der Waals surface area (Å²) in [6.07, 6.45) is 1.90. The highest BCUT2D eigenvalue weighted by Crippen LogP contribution is 2.45. The van der Waals surface area contributed by atoms with E-state index in [0.717, 1.165) is 20.9 Å². The number of ether oxygens (including phenoxy) is 1. The second kappa shape index (κ2) is 7.20. The van der Waals surface area contributed by atoms with E-state index >= 15 is 0 Å². The van der Waals surface area contributed by atoms with Gasteiger partial charge in [0.2, 0.25) is 0 Å². The van der Waals surface area contributed by atoms with Crippen LogP contribution in [0, 0.1) is 11.3 Å². The van der Waals surface area contributed by atoms with E-state index in [-0.39, 0.29) is 12.2 Å². The van der Waals surface area contributed by atoms with Gasteiger partial charge in [-0.1, -0.05) is 60.3 Å². The Morgan fingerprint density at radius 2 is 1.83 bits per heavy atom. The number of allylic oxidation sites excluding steroid dienone is 2. The van der Waals surface area contributed by atoms with Crippen molar-refractivity contribution in [2.75, 3.05) is 6.61 Å². The van der Waals surface area contributed by atoms with Gasteiger partial charge in [0.05, 0.1) is 6.61 Å². The second-order valence-electron chi connectivity index (χ2n) is 5.09. The first-order valence-electron chi connectivity index (χ1n) is 7.60. The Balaban J connectivity index is 2.20. The van der Waals surface area contributed by atoms with Crippen molar-refractivity contribution in [3.05, 3.63) is 77.4 Å². The van der Waals surface area contributed by atoms with Crippen molar-refractivity contribution in [1.82, 2.24) is 0 Å². The standard InChI is InChI=1S/C20H15NO2S/c1-2-23-20(22)17(13-21)16-12-19(14-8-4-3-5-9-14)24-18-11-7-6-10-15(16)18/h3-12H,2H2,1H3/b17-16-. The molecule has 3 nitrogen and oxygen atoms in total. The van der Waals surface area contributed by atoms with E-state index in [1.807, 2.05) is 66.7 Å². The molecule has 0 radical (unpaired) electrons. The maximum Gasteiger partial charge on any atom is 0.349 e. The summed E-state index contributed by atoms with van der Waals surface area (Å²) in [5.41, 5.74) is 2.59. The van der Waals surface area contributed by atoms with E-state index in [9.17, 15) is 10.1 Å². The van der Waals surface area contributed by atoms with Gasteiger partial charge in [-0.25, -0.2) is 4.79 Å². The van der Waals surface area contributed by atoms with Crippen molar-refractivity contribution in [2.45, 2.75) is 11.8 Å². The molecule has 2 aromatic carbocycles. The van der Waals surface area contributed by atoms with Crippen LogP contribution in [0.5, 0.6) is 0 Å². The van der Waals surface area contributed by atoms with Gasteiger partial charge in [-0.05, 0) is 30.2 Å². The van der Waals surface area contributed by atoms with Gasteiger partial charge >= 0.3 is 5.97 Å². The van der Waals surface area contributed by atoms with Crippen molar-refractivity contribution in [2.24, 2.45) is 0 Å². The summed E-state index contributed by atoms with van der Waals surface area (Å²) >= 11 is 1.63. The molecule has 0 saturated carbocycles. The Labute approximate surface area is 145 Å². The summed E-state index contributed by atoms with van der Waals surface area (Å²) in [5, 5.41) is 9.51. The normalized spacial score (nSPS) is 14.9. The molecule has 0 saturated heterocycles. The fraction of sp³-hybridized carbons (Fsp3) is 0.100. The van der Waals surface area contributed by atoms with Crippen LogP contribution >= 0.6 is 11.8 Å². The van der Waals surface area contributed by atoms with Crippen molar-refractivity contribution < 1.29 is 9.53 Å². The van der Waals surface area contributed by atoms with E-state index in [0.29, 0.717) is 5.57 Å². The maximum absolute atomic E-state index is 12.2. The quantitative estimate of drug-likeness (QED) is 0.465. The molecule has 0 aromatic heterocycles. The van der Waals surface area contributed by atoms with Crippen LogP contribution in [0.25, 0.3) is 10.5 Å². The Hall–Kier alpha value is -2.77. The Bertz CT molecular complexity index is 876. The van der Waals surface area contributed by atoms with Crippen molar-refractivity contribution >= 4 is 28.2 Å². The summed E-state index contributed by atoms with van der Waals surface area (Å²) in [4.78, 5) is 14.2. The highest BCUT2D eigenvalue weighted by Gasteiger charge is 2.23. The van der Waals surface area contributed by atoms with Crippen molar-refractivity contribution in [3.63, 3.8) is 0 Å². The summed E-state index contributed by atoms with van der Waals surface area (Å²) in [5.74, 6) is -0.583. The first-order valence-corrected chi connectivity index (χ1v) is 8.42. The summed E-state index contributed by atoms with van der Waals surface area (Å²) in [7, 11) is 0. The zero-order valence-corrected chi connectivity index (χ0v) is 14.0. The fourth-order valence-corrected chi connectivity index (χ4v) is 3.61. The third-order valence-electron chi connectivity index (χ3n) is 3.59. The lowest BCUT2D eigenvalue weighted by Gasteiger charge is -2.19. The zero-order valence-electron chi connectivity index (χ0n) is 13.2. The molecular formula is C20H15NO2S. The molecule has 4 heteroatoms. The molecule has 0 atom stereocenters. The number of benzene rings is 2. The third-order valence-corrected chi connectivity index (χ3v) is 4.74. The van der Waals surface area contributed by atoms with Gasteiger partial charge in [0.1, 0.15) is 11.6 Å². The molecule has 0 fully saturated rings. The Kier molecular flexibility index (Phi) is 4.83. The lowest BCUT2D eigenvalue weighted by molar-refractivity contribution is -0.137. The number of rotatable bonds is 3. The van der Waals surface area contributed by atoms with Gasteiger partial charge in [0.15, 0.2) is 0 Å². The van der Waals surface area contributed by atoms with E-state index in [1.54, 1.807) is 18.7 Å². The number of hydrogen-bond acceptors (Lipinski definition) is 4. The van der Waals surface area contributed by atoms with Gasteiger partial charge in [-0.2, -0.15) is 5.26 Å². The van der Waals surface area contributed by atoms with Gasteiger partial charge < -0.3 is 4.74 Å². The minimum absolute atomic E-state index is 0.0398. The maximum atomic E-state index is 12.2. The van der Waals surface area contributed by atoms with Crippen molar-refractivity contribution in [3.8, 4) is 6.07 Å². The van der Waals surface area contributed by atoms with Crippen LogP contribution in [-0.2, 0) is 9.53 Å². The predicted molar refractivity (Wildman–Crippen MR) is 95.9 cm³/mol. The predicted octanol–water partition coefficient (Wildman–Crippen LogP) is 4.67. The average Bonchev–Trinajstić information content (AvgIpc) is 2.63. The molecule has 0 unspecified atom stereocenters. The third kappa shape index (κ3) is 3.12. The SMILES string of the molecule is CCOC(=O)/C(C#N)=C1/C=C(c2ccccc2)Sc2ccccc21. The highest BCUT2D eigenvalue weighted by molar-refractivity contribution is 8.08. The molecule has 24 heavy (non-hydrogen) atoms. The average molecular weight is 333 g/mol. The topological polar surface area (TPSA) is 50.1 Å². The number of carbonyl (C=O) groups is 1. The van der Waals surface area contributed by atoms with Crippen LogP contribution in [0.15, 0.2) is 71.1 Å². The monoisotopic (exact) mass is 333 g/mol. The number of esters is 1. The largest absolute Gasteiger partial charge is 0.462 e. The minimum Gasteiger partial charge on any atom is -0.462 e. The fourth-order valence-electron chi connectivity index (χ4n) is 2.51. The summed E-state index contributed by atoms with van der Waals surface area (Å²) in [6.45, 7) is 1.97. The van der Waals surface area contributed by atoms with Gasteiger partial charge in [0.25, 0.3) is 0 Å². The van der Waals surface area contributed by atoms with Crippen LogP contribution in [-0.4, -0.2) is 12.6 Å². The molecule has 0 amide bonds. The summed E-state index contributed by atoms with van der Waals surface area (Å²) < 4.78 is 5.05. The number of fused-ring (bicyclic) bond motifs is 1. The van der Waals surface area contributed by atoms with Gasteiger partial charge in [-0.3, -0.25) is 0 Å². The Morgan fingerprint density at radius 3 is 2.54 bits per heavy atom. The summed E-state index contributed by atoms with van der Waals surface area (Å²) in [6, 6.07) is 19.7. The van der Waals surface area contributed by atoms with E-state index < -0.39 is 5.97 Å². The molecule has 1 heterocycles. The zero-order chi connectivity index (χ0) is 16.9. The smallest absolute Gasteiger partial charge is 0.349 e. The van der Waals surface area contributed by atoms with E-state index in [4.69, 9.17) is 4.74 Å². The molecule has 0 N–H and O–H groups in total. The number of thioether (sulfide) groups is 1. The molecular weight excluding hydrogens is 318 g/mol. The second-order valence-corrected chi connectivity index (χ2v) is 6.18. The lowest BCUT2D eigenvalue weighted by Crippen LogP contribution is -2.09. The Morgan fingerprint density at radius 1 is 1.12 bits per heavy atom. The van der Waals surface area contributed by atoms with E-state index in [1.165, 1.54) is 0 Å². The molecule has 118 valence electrons. The van der Waals surface area contributed by atoms with Crippen LogP contribution in [0.2, 0.25) is 0 Å². The molecule has 0 bridgehead atoms. The molecule has 1 aliphatic rings. The highest BCUT2D eigenvalue weighted by atomic mass is 32.2. The molecule has 0 aliphatic carbocycles. The number of nitriles is 1. The molecule has 3 rings (SSSR count). The van der Waals surface area contributed by atoms with Crippen LogP contribution in [0.4, 0.5) is 0 Å². The van der Waals surface area contributed by atoms with Gasteiger partial charge in [0, 0.05) is 15.4 Å². The molecule has 1 aliphatic heterocycles. The molecule has 2 aromatic rings. The van der Waals surface area contributed by atoms with Crippen LogP contribution in [0.1, 0.15) is 18.1 Å². The number of nitrogens with zero attached hydrogens (tertiary/aromatic N) is 1. The minimum atomic E-state index is -0.583. The first-order chi connectivity index (χ1) is 11.7. The first kappa shape index (κ1) is 16.1.